The average molecular weight is 288 g/mol. The topological polar surface area (TPSA) is 20.2 Å². The lowest BCUT2D eigenvalue weighted by Gasteiger charge is -2.66. The Balaban J connectivity index is 1.83. The lowest BCUT2D eigenvalue weighted by molar-refractivity contribution is -0.179. The van der Waals surface area contributed by atoms with Gasteiger partial charge in [-0.3, -0.25) is 0 Å². The van der Waals surface area contributed by atoms with E-state index in [1.54, 1.807) is 0 Å². The number of aliphatic hydroxyl groups excluding tert-OH is 1. The second-order valence-electron chi connectivity index (χ2n) is 10.1. The van der Waals surface area contributed by atoms with E-state index >= 15 is 0 Å². The van der Waals surface area contributed by atoms with Crippen LogP contribution in [0.25, 0.3) is 0 Å². The molecule has 4 aliphatic rings. The van der Waals surface area contributed by atoms with Gasteiger partial charge in [-0.2, -0.15) is 0 Å². The molecule has 0 amide bonds. The summed E-state index contributed by atoms with van der Waals surface area (Å²) >= 11 is 0. The molecule has 1 nitrogen and oxygen atoms in total. The second kappa shape index (κ2) is 3.96. The van der Waals surface area contributed by atoms with Crippen molar-refractivity contribution in [1.29, 1.82) is 0 Å². The van der Waals surface area contributed by atoms with E-state index in [2.05, 4.69) is 39.8 Å². The third-order valence-electron chi connectivity index (χ3n) is 8.34. The molecule has 4 rings (SSSR count). The maximum atomic E-state index is 10.6. The van der Waals surface area contributed by atoms with Crippen LogP contribution >= 0.6 is 0 Å². The van der Waals surface area contributed by atoms with Gasteiger partial charge in [0.05, 0.1) is 6.10 Å². The first-order valence-corrected chi connectivity index (χ1v) is 9.08. The van der Waals surface area contributed by atoms with Crippen LogP contribution in [0.5, 0.6) is 0 Å². The number of hydrogen-bond donors (Lipinski definition) is 1. The predicted octanol–water partition coefficient (Wildman–Crippen LogP) is 4.95. The summed E-state index contributed by atoms with van der Waals surface area (Å²) in [5.74, 6) is 1.56. The summed E-state index contributed by atoms with van der Waals surface area (Å²) in [6.45, 7) is 9.86. The Morgan fingerprint density at radius 2 is 1.76 bits per heavy atom. The number of fused-ring (bicyclic) bond motifs is 2. The van der Waals surface area contributed by atoms with E-state index in [9.17, 15) is 5.11 Å². The van der Waals surface area contributed by atoms with Gasteiger partial charge in [-0.15, -0.1) is 0 Å². The van der Waals surface area contributed by atoms with Crippen LogP contribution in [0.4, 0.5) is 0 Å². The highest BCUT2D eigenvalue weighted by Crippen LogP contribution is 2.74. The first-order chi connectivity index (χ1) is 9.71. The summed E-state index contributed by atoms with van der Waals surface area (Å²) in [7, 11) is 0. The quantitative estimate of drug-likeness (QED) is 0.626. The van der Waals surface area contributed by atoms with Gasteiger partial charge in [-0.05, 0) is 78.4 Å². The fraction of sp³-hybridized carbons (Fsp3) is 0.900. The van der Waals surface area contributed by atoms with E-state index in [0.29, 0.717) is 21.7 Å². The minimum Gasteiger partial charge on any atom is -0.393 e. The van der Waals surface area contributed by atoms with E-state index in [0.717, 1.165) is 24.7 Å². The highest BCUT2D eigenvalue weighted by Gasteiger charge is 2.67. The SMILES string of the molecule is CC1(C)C[C@H](O)C[C@@]2(C)[C@H]1CC[C@H]1C=C[C@]3(C)CC[C@@]12C3. The standard InChI is InChI=1S/C20H32O/c1-17(2)11-15(21)12-19(4)16(17)6-5-14-7-8-18(3)9-10-20(14,19)13-18/h7-8,14-16,21H,5-6,9-13H2,1-4H3/t14-,15-,16-,18+,19-,20+/m0/s1. The van der Waals surface area contributed by atoms with Gasteiger partial charge in [0.2, 0.25) is 0 Å². The molecule has 3 fully saturated rings. The van der Waals surface area contributed by atoms with Gasteiger partial charge < -0.3 is 5.11 Å². The molecule has 0 saturated heterocycles. The Kier molecular flexibility index (Phi) is 2.70. The molecular weight excluding hydrogens is 256 g/mol. The predicted molar refractivity (Wildman–Crippen MR) is 86.9 cm³/mol. The van der Waals surface area contributed by atoms with Crippen molar-refractivity contribution in [3.05, 3.63) is 12.2 Å². The Morgan fingerprint density at radius 1 is 1.00 bits per heavy atom. The van der Waals surface area contributed by atoms with E-state index in [1.165, 1.54) is 32.1 Å². The van der Waals surface area contributed by atoms with Crippen molar-refractivity contribution in [1.82, 2.24) is 0 Å². The number of rotatable bonds is 0. The van der Waals surface area contributed by atoms with Gasteiger partial charge in [0.1, 0.15) is 0 Å². The van der Waals surface area contributed by atoms with Crippen LogP contribution < -0.4 is 0 Å². The summed E-state index contributed by atoms with van der Waals surface area (Å²) in [6, 6.07) is 0. The molecule has 118 valence electrons. The van der Waals surface area contributed by atoms with Crippen LogP contribution in [0.1, 0.15) is 72.6 Å². The largest absolute Gasteiger partial charge is 0.393 e. The summed E-state index contributed by atoms with van der Waals surface area (Å²) in [5, 5.41) is 10.6. The Labute approximate surface area is 130 Å². The van der Waals surface area contributed by atoms with Crippen molar-refractivity contribution >= 4 is 0 Å². The zero-order valence-corrected chi connectivity index (χ0v) is 14.3. The van der Waals surface area contributed by atoms with E-state index < -0.39 is 0 Å². The van der Waals surface area contributed by atoms with Gasteiger partial charge in [-0.1, -0.05) is 39.8 Å². The molecule has 21 heavy (non-hydrogen) atoms. The van der Waals surface area contributed by atoms with Crippen LogP contribution in [0.2, 0.25) is 0 Å². The molecule has 1 heteroatoms. The van der Waals surface area contributed by atoms with Crippen molar-refractivity contribution in [3.8, 4) is 0 Å². The number of allylic oxidation sites excluding steroid dienone is 2. The minimum atomic E-state index is -0.0906. The fourth-order valence-corrected chi connectivity index (χ4v) is 7.60. The Hall–Kier alpha value is -0.300. The minimum absolute atomic E-state index is 0.0906. The lowest BCUT2D eigenvalue weighted by atomic mass is 9.39. The summed E-state index contributed by atoms with van der Waals surface area (Å²) < 4.78 is 0. The Bertz CT molecular complexity index is 492. The van der Waals surface area contributed by atoms with Crippen LogP contribution in [0, 0.1) is 33.5 Å². The second-order valence-corrected chi connectivity index (χ2v) is 10.1. The number of aliphatic hydroxyl groups is 1. The van der Waals surface area contributed by atoms with Crippen LogP contribution in [-0.4, -0.2) is 11.2 Å². The molecule has 1 N–H and O–H groups in total. The third-order valence-corrected chi connectivity index (χ3v) is 8.34. The molecule has 3 saturated carbocycles. The highest BCUT2D eigenvalue weighted by molar-refractivity contribution is 5.24. The zero-order chi connectivity index (χ0) is 15.1. The molecule has 4 aliphatic carbocycles. The molecule has 1 spiro atoms. The van der Waals surface area contributed by atoms with E-state index in [4.69, 9.17) is 0 Å². The van der Waals surface area contributed by atoms with Crippen LogP contribution in [-0.2, 0) is 0 Å². The van der Waals surface area contributed by atoms with Crippen molar-refractivity contribution in [3.63, 3.8) is 0 Å². The van der Waals surface area contributed by atoms with Gasteiger partial charge in [0.25, 0.3) is 0 Å². The summed E-state index contributed by atoms with van der Waals surface area (Å²) in [6.07, 6.45) is 13.9. The van der Waals surface area contributed by atoms with Crippen molar-refractivity contribution in [2.24, 2.45) is 33.5 Å². The van der Waals surface area contributed by atoms with Gasteiger partial charge >= 0.3 is 0 Å². The summed E-state index contributed by atoms with van der Waals surface area (Å²) in [5.41, 5.74) is 1.54. The third kappa shape index (κ3) is 1.68. The smallest absolute Gasteiger partial charge is 0.0551 e. The molecule has 0 radical (unpaired) electrons. The summed E-state index contributed by atoms with van der Waals surface area (Å²) in [4.78, 5) is 0. The maximum Gasteiger partial charge on any atom is 0.0551 e. The number of hydrogen-bond acceptors (Lipinski definition) is 1. The first kappa shape index (κ1) is 14.3. The molecule has 2 bridgehead atoms. The average Bonchev–Trinajstić information content (AvgIpc) is 2.63. The van der Waals surface area contributed by atoms with Crippen molar-refractivity contribution < 1.29 is 5.11 Å². The van der Waals surface area contributed by atoms with Crippen molar-refractivity contribution in [2.45, 2.75) is 78.7 Å². The van der Waals surface area contributed by atoms with Crippen molar-refractivity contribution in [2.75, 3.05) is 0 Å². The van der Waals surface area contributed by atoms with E-state index in [-0.39, 0.29) is 6.10 Å². The van der Waals surface area contributed by atoms with Gasteiger partial charge in [-0.25, -0.2) is 0 Å². The molecule has 0 aliphatic heterocycles. The molecular formula is C20H32O. The normalized spacial score (nSPS) is 57.7. The fourth-order valence-electron chi connectivity index (χ4n) is 7.60. The van der Waals surface area contributed by atoms with Gasteiger partial charge in [0, 0.05) is 0 Å². The van der Waals surface area contributed by atoms with Crippen LogP contribution in [0.3, 0.4) is 0 Å². The molecule has 0 aromatic rings. The lowest BCUT2D eigenvalue weighted by Crippen LogP contribution is -2.60. The molecule has 0 heterocycles. The monoisotopic (exact) mass is 288 g/mol. The van der Waals surface area contributed by atoms with Gasteiger partial charge in [0.15, 0.2) is 0 Å². The Morgan fingerprint density at radius 3 is 2.52 bits per heavy atom. The molecule has 0 aromatic carbocycles. The zero-order valence-electron chi connectivity index (χ0n) is 14.3. The van der Waals surface area contributed by atoms with E-state index in [1.807, 2.05) is 0 Å². The van der Waals surface area contributed by atoms with Crippen LogP contribution in [0.15, 0.2) is 12.2 Å². The maximum absolute atomic E-state index is 10.6. The molecule has 0 unspecified atom stereocenters. The molecule has 0 aromatic heterocycles. The highest BCUT2D eigenvalue weighted by atomic mass is 16.3. The first-order valence-electron chi connectivity index (χ1n) is 9.08. The molecule has 6 atom stereocenters.